The molecule has 0 aliphatic heterocycles. The minimum Gasteiger partial charge on any atom is -0.444 e. The number of ether oxygens (including phenoxy) is 1. The SMILES string of the molecule is CN(C)C(=O)C1CCC(CNC(=O)OC(C)(C)C)CC1. The Labute approximate surface area is 122 Å². The summed E-state index contributed by atoms with van der Waals surface area (Å²) in [7, 11) is 3.61. The fourth-order valence-electron chi connectivity index (χ4n) is 2.52. The highest BCUT2D eigenvalue weighted by atomic mass is 16.6. The van der Waals surface area contributed by atoms with E-state index in [1.54, 1.807) is 19.0 Å². The van der Waals surface area contributed by atoms with Crippen molar-refractivity contribution in [3.05, 3.63) is 0 Å². The first-order chi connectivity index (χ1) is 9.19. The topological polar surface area (TPSA) is 58.6 Å². The molecular weight excluding hydrogens is 256 g/mol. The average Bonchev–Trinajstić information content (AvgIpc) is 2.34. The lowest BCUT2D eigenvalue weighted by Gasteiger charge is -2.29. The molecule has 1 saturated carbocycles. The van der Waals surface area contributed by atoms with Crippen LogP contribution in [0.5, 0.6) is 0 Å². The van der Waals surface area contributed by atoms with Crippen LogP contribution in [-0.4, -0.2) is 43.1 Å². The lowest BCUT2D eigenvalue weighted by molar-refractivity contribution is -0.134. The van der Waals surface area contributed by atoms with Crippen LogP contribution in [0.25, 0.3) is 0 Å². The molecular formula is C15H28N2O3. The number of nitrogens with zero attached hydrogens (tertiary/aromatic N) is 1. The van der Waals surface area contributed by atoms with Crippen LogP contribution in [0.1, 0.15) is 46.5 Å². The molecule has 0 atom stereocenters. The zero-order valence-corrected chi connectivity index (χ0v) is 13.4. The monoisotopic (exact) mass is 284 g/mol. The molecule has 0 spiro atoms. The first-order valence-electron chi connectivity index (χ1n) is 7.37. The minimum atomic E-state index is -0.458. The maximum Gasteiger partial charge on any atom is 0.407 e. The van der Waals surface area contributed by atoms with Crippen molar-refractivity contribution < 1.29 is 14.3 Å². The van der Waals surface area contributed by atoms with Crippen molar-refractivity contribution in [1.82, 2.24) is 10.2 Å². The number of amides is 2. The van der Waals surface area contributed by atoms with Crippen molar-refractivity contribution in [3.8, 4) is 0 Å². The Balaban J connectivity index is 2.26. The van der Waals surface area contributed by atoms with Crippen LogP contribution in [0.15, 0.2) is 0 Å². The zero-order valence-electron chi connectivity index (χ0n) is 13.4. The van der Waals surface area contributed by atoms with Gasteiger partial charge in [-0.15, -0.1) is 0 Å². The number of nitrogens with one attached hydrogen (secondary N) is 1. The fourth-order valence-corrected chi connectivity index (χ4v) is 2.52. The van der Waals surface area contributed by atoms with Gasteiger partial charge in [0.15, 0.2) is 0 Å². The Kier molecular flexibility index (Phi) is 5.84. The molecule has 0 aromatic heterocycles. The molecule has 116 valence electrons. The molecule has 5 heteroatoms. The third kappa shape index (κ3) is 5.80. The van der Waals surface area contributed by atoms with Gasteiger partial charge in [0.1, 0.15) is 5.60 Å². The van der Waals surface area contributed by atoms with Crippen molar-refractivity contribution in [2.24, 2.45) is 11.8 Å². The van der Waals surface area contributed by atoms with Gasteiger partial charge in [-0.2, -0.15) is 0 Å². The van der Waals surface area contributed by atoms with Crippen molar-refractivity contribution in [3.63, 3.8) is 0 Å². The summed E-state index contributed by atoms with van der Waals surface area (Å²) in [4.78, 5) is 25.1. The Bertz CT molecular complexity index is 340. The molecule has 1 rings (SSSR count). The van der Waals surface area contributed by atoms with Crippen LogP contribution in [0, 0.1) is 11.8 Å². The maximum absolute atomic E-state index is 11.9. The Hall–Kier alpha value is -1.26. The van der Waals surface area contributed by atoms with Gasteiger partial charge in [-0.3, -0.25) is 4.79 Å². The van der Waals surface area contributed by atoms with Gasteiger partial charge in [0.25, 0.3) is 0 Å². The smallest absolute Gasteiger partial charge is 0.407 e. The van der Waals surface area contributed by atoms with E-state index < -0.39 is 5.60 Å². The molecule has 20 heavy (non-hydrogen) atoms. The molecule has 1 aliphatic rings. The average molecular weight is 284 g/mol. The number of carbonyl (C=O) groups excluding carboxylic acids is 2. The lowest BCUT2D eigenvalue weighted by Crippen LogP contribution is -2.37. The molecule has 0 heterocycles. The standard InChI is InChI=1S/C15H28N2O3/c1-15(2,3)20-14(19)16-10-11-6-8-12(9-7-11)13(18)17(4)5/h11-12H,6-10H2,1-5H3,(H,16,19). The van der Waals surface area contributed by atoms with Crippen molar-refractivity contribution >= 4 is 12.0 Å². The van der Waals surface area contributed by atoms with Crippen molar-refractivity contribution in [2.75, 3.05) is 20.6 Å². The predicted molar refractivity (Wildman–Crippen MR) is 78.4 cm³/mol. The number of hydrogen-bond donors (Lipinski definition) is 1. The summed E-state index contributed by atoms with van der Waals surface area (Å²) in [5.74, 6) is 0.833. The normalized spacial score (nSPS) is 23.1. The Morgan fingerprint density at radius 3 is 2.15 bits per heavy atom. The molecule has 0 saturated heterocycles. The summed E-state index contributed by atoms with van der Waals surface area (Å²) in [6.07, 6.45) is 3.44. The quantitative estimate of drug-likeness (QED) is 0.865. The van der Waals surface area contributed by atoms with E-state index in [0.29, 0.717) is 12.5 Å². The molecule has 1 aliphatic carbocycles. The van der Waals surface area contributed by atoms with E-state index >= 15 is 0 Å². The van der Waals surface area contributed by atoms with Gasteiger partial charge in [-0.1, -0.05) is 0 Å². The summed E-state index contributed by atoms with van der Waals surface area (Å²) < 4.78 is 5.21. The van der Waals surface area contributed by atoms with E-state index in [0.717, 1.165) is 25.7 Å². The van der Waals surface area contributed by atoms with E-state index in [1.807, 2.05) is 20.8 Å². The fraction of sp³-hybridized carbons (Fsp3) is 0.867. The Morgan fingerprint density at radius 2 is 1.70 bits per heavy atom. The molecule has 5 nitrogen and oxygen atoms in total. The highest BCUT2D eigenvalue weighted by molar-refractivity contribution is 5.78. The maximum atomic E-state index is 11.9. The molecule has 0 bridgehead atoms. The summed E-state index contributed by atoms with van der Waals surface area (Å²) >= 11 is 0. The third-order valence-electron chi connectivity index (χ3n) is 3.57. The van der Waals surface area contributed by atoms with Crippen LogP contribution >= 0.6 is 0 Å². The highest BCUT2D eigenvalue weighted by Crippen LogP contribution is 2.29. The predicted octanol–water partition coefficient (Wildman–Crippen LogP) is 2.41. The van der Waals surface area contributed by atoms with Gasteiger partial charge < -0.3 is 15.0 Å². The number of alkyl carbamates (subject to hydrolysis) is 1. The van der Waals surface area contributed by atoms with Crippen LogP contribution in [0.4, 0.5) is 4.79 Å². The second-order valence-electron chi connectivity index (χ2n) is 6.83. The van der Waals surface area contributed by atoms with Crippen LogP contribution in [0.2, 0.25) is 0 Å². The summed E-state index contributed by atoms with van der Waals surface area (Å²) in [6, 6.07) is 0. The van der Waals surface area contributed by atoms with Crippen LogP contribution in [0.3, 0.4) is 0 Å². The van der Waals surface area contributed by atoms with E-state index in [2.05, 4.69) is 5.32 Å². The lowest BCUT2D eigenvalue weighted by atomic mass is 9.81. The largest absolute Gasteiger partial charge is 0.444 e. The van der Waals surface area contributed by atoms with Gasteiger partial charge in [-0.25, -0.2) is 4.79 Å². The molecule has 0 unspecified atom stereocenters. The summed E-state index contributed by atoms with van der Waals surface area (Å²) in [5.41, 5.74) is -0.458. The second kappa shape index (κ2) is 6.95. The number of hydrogen-bond acceptors (Lipinski definition) is 3. The molecule has 0 aromatic rings. The van der Waals surface area contributed by atoms with E-state index in [4.69, 9.17) is 4.74 Å². The van der Waals surface area contributed by atoms with E-state index in [9.17, 15) is 9.59 Å². The van der Waals surface area contributed by atoms with E-state index in [-0.39, 0.29) is 17.9 Å². The molecule has 0 radical (unpaired) electrons. The van der Waals surface area contributed by atoms with Gasteiger partial charge in [0.2, 0.25) is 5.91 Å². The third-order valence-corrected chi connectivity index (χ3v) is 3.57. The second-order valence-corrected chi connectivity index (χ2v) is 6.83. The first kappa shape index (κ1) is 16.8. The summed E-state index contributed by atoms with van der Waals surface area (Å²) in [5, 5.41) is 2.82. The van der Waals surface area contributed by atoms with Gasteiger partial charge in [-0.05, 0) is 52.4 Å². The molecule has 1 fully saturated rings. The molecule has 0 aromatic carbocycles. The van der Waals surface area contributed by atoms with E-state index in [1.165, 1.54) is 0 Å². The summed E-state index contributed by atoms with van der Waals surface area (Å²) in [6.45, 7) is 6.19. The minimum absolute atomic E-state index is 0.155. The zero-order chi connectivity index (χ0) is 15.3. The van der Waals surface area contributed by atoms with Crippen molar-refractivity contribution in [1.29, 1.82) is 0 Å². The van der Waals surface area contributed by atoms with Gasteiger partial charge in [0, 0.05) is 26.6 Å². The number of carbonyl (C=O) groups is 2. The Morgan fingerprint density at radius 1 is 1.15 bits per heavy atom. The van der Waals surface area contributed by atoms with Crippen LogP contribution in [-0.2, 0) is 9.53 Å². The molecule has 1 N–H and O–H groups in total. The van der Waals surface area contributed by atoms with Crippen LogP contribution < -0.4 is 5.32 Å². The number of rotatable bonds is 3. The first-order valence-corrected chi connectivity index (χ1v) is 7.37. The molecule has 2 amide bonds. The van der Waals surface area contributed by atoms with Gasteiger partial charge in [0.05, 0.1) is 0 Å². The highest BCUT2D eigenvalue weighted by Gasteiger charge is 2.27. The van der Waals surface area contributed by atoms with Crippen molar-refractivity contribution in [2.45, 2.75) is 52.1 Å². The van der Waals surface area contributed by atoms with Gasteiger partial charge >= 0.3 is 6.09 Å².